The summed E-state index contributed by atoms with van der Waals surface area (Å²) in [6, 6.07) is 5.34. The normalized spacial score (nSPS) is 13.2. The number of rotatable bonds is 3. The standard InChI is InChI=1S/C15H19NO3/c1-8(2)16-9(3)13(10(4)17)11-6-5-7-12(14(11)16)15(18)19/h5-8,10,17H,1-4H3,(H,18,19). The summed E-state index contributed by atoms with van der Waals surface area (Å²) in [4.78, 5) is 11.4. The molecule has 1 heterocycles. The van der Waals surface area contributed by atoms with Gasteiger partial charge in [0.15, 0.2) is 0 Å². The molecule has 0 aliphatic heterocycles. The van der Waals surface area contributed by atoms with E-state index in [1.54, 1.807) is 19.1 Å². The van der Waals surface area contributed by atoms with E-state index in [-0.39, 0.29) is 11.6 Å². The van der Waals surface area contributed by atoms with Crippen LogP contribution >= 0.6 is 0 Å². The molecule has 2 aromatic rings. The summed E-state index contributed by atoms with van der Waals surface area (Å²) >= 11 is 0. The third-order valence-electron chi connectivity index (χ3n) is 3.48. The van der Waals surface area contributed by atoms with Crippen LogP contribution in [0.2, 0.25) is 0 Å². The second kappa shape index (κ2) is 4.70. The average Bonchev–Trinajstić information content (AvgIpc) is 2.59. The van der Waals surface area contributed by atoms with Crippen LogP contribution in [0.25, 0.3) is 10.9 Å². The SMILES string of the molecule is Cc1c(C(C)O)c2cccc(C(=O)O)c2n1C(C)C. The highest BCUT2D eigenvalue weighted by Gasteiger charge is 2.22. The molecule has 2 rings (SSSR count). The molecule has 0 saturated heterocycles. The van der Waals surface area contributed by atoms with Crippen LogP contribution in [0.1, 0.15) is 54.5 Å². The van der Waals surface area contributed by atoms with Crippen LogP contribution in [0.4, 0.5) is 0 Å². The highest BCUT2D eigenvalue weighted by molar-refractivity contribution is 6.04. The Morgan fingerprint density at radius 1 is 1.26 bits per heavy atom. The van der Waals surface area contributed by atoms with E-state index in [9.17, 15) is 15.0 Å². The molecule has 1 unspecified atom stereocenters. The number of aliphatic hydroxyl groups excluding tert-OH is 1. The molecule has 0 radical (unpaired) electrons. The summed E-state index contributed by atoms with van der Waals surface area (Å²) < 4.78 is 1.99. The van der Waals surface area contributed by atoms with E-state index in [1.807, 2.05) is 31.4 Å². The first kappa shape index (κ1) is 13.6. The fraction of sp³-hybridized carbons (Fsp3) is 0.400. The number of hydrogen-bond acceptors (Lipinski definition) is 2. The van der Waals surface area contributed by atoms with Crippen molar-refractivity contribution in [2.45, 2.75) is 39.8 Å². The van der Waals surface area contributed by atoms with E-state index in [4.69, 9.17) is 0 Å². The minimum atomic E-state index is -0.942. The van der Waals surface area contributed by atoms with E-state index in [0.29, 0.717) is 5.52 Å². The largest absolute Gasteiger partial charge is 0.478 e. The molecular weight excluding hydrogens is 242 g/mol. The average molecular weight is 261 g/mol. The summed E-state index contributed by atoms with van der Waals surface area (Å²) in [7, 11) is 0. The first-order valence-electron chi connectivity index (χ1n) is 6.41. The predicted molar refractivity (Wildman–Crippen MR) is 74.7 cm³/mol. The van der Waals surface area contributed by atoms with Gasteiger partial charge >= 0.3 is 5.97 Å². The second-order valence-electron chi connectivity index (χ2n) is 5.15. The Kier molecular flexibility index (Phi) is 3.37. The van der Waals surface area contributed by atoms with E-state index in [2.05, 4.69) is 0 Å². The number of benzene rings is 1. The molecule has 1 aromatic carbocycles. The van der Waals surface area contributed by atoms with Gasteiger partial charge < -0.3 is 14.8 Å². The molecule has 4 heteroatoms. The Hall–Kier alpha value is -1.81. The summed E-state index contributed by atoms with van der Waals surface area (Å²) in [6.45, 7) is 7.65. The first-order chi connectivity index (χ1) is 8.86. The van der Waals surface area contributed by atoms with Crippen molar-refractivity contribution in [3.63, 3.8) is 0 Å². The van der Waals surface area contributed by atoms with E-state index < -0.39 is 12.1 Å². The van der Waals surface area contributed by atoms with Crippen molar-refractivity contribution < 1.29 is 15.0 Å². The number of aliphatic hydroxyl groups is 1. The number of carboxylic acids is 1. The Bertz CT molecular complexity index is 638. The number of aromatic carboxylic acids is 1. The minimum absolute atomic E-state index is 0.135. The number of aromatic nitrogens is 1. The fourth-order valence-electron chi connectivity index (χ4n) is 2.86. The minimum Gasteiger partial charge on any atom is -0.478 e. The number of para-hydroxylation sites is 1. The van der Waals surface area contributed by atoms with Crippen LogP contribution in [0, 0.1) is 6.92 Å². The highest BCUT2D eigenvalue weighted by atomic mass is 16.4. The van der Waals surface area contributed by atoms with Gasteiger partial charge in [0.2, 0.25) is 0 Å². The van der Waals surface area contributed by atoms with Crippen LogP contribution in [-0.2, 0) is 0 Å². The lowest BCUT2D eigenvalue weighted by Gasteiger charge is -2.14. The maximum atomic E-state index is 11.4. The molecule has 1 atom stereocenters. The van der Waals surface area contributed by atoms with Gasteiger partial charge in [0, 0.05) is 22.7 Å². The van der Waals surface area contributed by atoms with Crippen molar-refractivity contribution in [3.05, 3.63) is 35.0 Å². The Balaban J connectivity index is 2.98. The smallest absolute Gasteiger partial charge is 0.337 e. The molecule has 0 aliphatic carbocycles. The molecule has 1 aromatic heterocycles. The third kappa shape index (κ3) is 2.02. The summed E-state index contributed by atoms with van der Waals surface area (Å²) in [5.74, 6) is -0.942. The van der Waals surface area contributed by atoms with Gasteiger partial charge in [0.25, 0.3) is 0 Å². The van der Waals surface area contributed by atoms with Gasteiger partial charge in [0.1, 0.15) is 0 Å². The van der Waals surface area contributed by atoms with Crippen LogP contribution in [-0.4, -0.2) is 20.7 Å². The van der Waals surface area contributed by atoms with Crippen molar-refractivity contribution >= 4 is 16.9 Å². The molecule has 2 N–H and O–H groups in total. The summed E-state index contributed by atoms with van der Waals surface area (Å²) in [6.07, 6.45) is -0.619. The van der Waals surface area contributed by atoms with Gasteiger partial charge in [-0.25, -0.2) is 4.79 Å². The lowest BCUT2D eigenvalue weighted by Crippen LogP contribution is -2.07. The molecule has 0 aliphatic rings. The maximum absolute atomic E-state index is 11.4. The van der Waals surface area contributed by atoms with Crippen molar-refractivity contribution in [1.82, 2.24) is 4.57 Å². The first-order valence-corrected chi connectivity index (χ1v) is 6.41. The lowest BCUT2D eigenvalue weighted by atomic mass is 10.0. The Morgan fingerprint density at radius 3 is 2.37 bits per heavy atom. The van der Waals surface area contributed by atoms with Gasteiger partial charge in [-0.05, 0) is 33.8 Å². The number of fused-ring (bicyclic) bond motifs is 1. The fourth-order valence-corrected chi connectivity index (χ4v) is 2.86. The van der Waals surface area contributed by atoms with E-state index in [1.165, 1.54) is 0 Å². The quantitative estimate of drug-likeness (QED) is 0.891. The zero-order valence-corrected chi connectivity index (χ0v) is 11.6. The number of nitrogens with zero attached hydrogens (tertiary/aromatic N) is 1. The van der Waals surface area contributed by atoms with Crippen LogP contribution in [0.3, 0.4) is 0 Å². The molecule has 0 amide bonds. The molecule has 0 fully saturated rings. The Labute approximate surface area is 112 Å². The zero-order valence-electron chi connectivity index (χ0n) is 11.6. The van der Waals surface area contributed by atoms with Crippen molar-refractivity contribution in [1.29, 1.82) is 0 Å². The zero-order chi connectivity index (χ0) is 14.3. The highest BCUT2D eigenvalue weighted by Crippen LogP contribution is 2.34. The van der Waals surface area contributed by atoms with Crippen LogP contribution in [0.5, 0.6) is 0 Å². The predicted octanol–water partition coefficient (Wildman–Crippen LogP) is 3.28. The van der Waals surface area contributed by atoms with Crippen LogP contribution < -0.4 is 0 Å². The van der Waals surface area contributed by atoms with Crippen LogP contribution in [0.15, 0.2) is 18.2 Å². The number of carbonyl (C=O) groups is 1. The van der Waals surface area contributed by atoms with Gasteiger partial charge in [-0.3, -0.25) is 0 Å². The molecule has 4 nitrogen and oxygen atoms in total. The van der Waals surface area contributed by atoms with Gasteiger partial charge in [-0.2, -0.15) is 0 Å². The topological polar surface area (TPSA) is 62.5 Å². The van der Waals surface area contributed by atoms with E-state index in [0.717, 1.165) is 16.6 Å². The molecular formula is C15H19NO3. The molecule has 102 valence electrons. The number of carboxylic acid groups (broad SMARTS) is 1. The summed E-state index contributed by atoms with van der Waals surface area (Å²) in [5, 5.41) is 20.1. The monoisotopic (exact) mass is 261 g/mol. The van der Waals surface area contributed by atoms with Crippen molar-refractivity contribution in [2.75, 3.05) is 0 Å². The molecule has 0 saturated carbocycles. The second-order valence-corrected chi connectivity index (χ2v) is 5.15. The summed E-state index contributed by atoms with van der Waals surface area (Å²) in [5.41, 5.74) is 2.71. The molecule has 0 bridgehead atoms. The maximum Gasteiger partial charge on any atom is 0.337 e. The van der Waals surface area contributed by atoms with Crippen molar-refractivity contribution in [2.24, 2.45) is 0 Å². The lowest BCUT2D eigenvalue weighted by molar-refractivity contribution is 0.0698. The van der Waals surface area contributed by atoms with Gasteiger partial charge in [-0.15, -0.1) is 0 Å². The molecule has 19 heavy (non-hydrogen) atoms. The van der Waals surface area contributed by atoms with Crippen molar-refractivity contribution in [3.8, 4) is 0 Å². The number of hydrogen-bond donors (Lipinski definition) is 2. The third-order valence-corrected chi connectivity index (χ3v) is 3.48. The molecule has 0 spiro atoms. The van der Waals surface area contributed by atoms with Gasteiger partial charge in [-0.1, -0.05) is 12.1 Å². The van der Waals surface area contributed by atoms with Gasteiger partial charge in [0.05, 0.1) is 17.2 Å². The Morgan fingerprint density at radius 2 is 1.89 bits per heavy atom. The van der Waals surface area contributed by atoms with E-state index >= 15 is 0 Å².